The van der Waals surface area contributed by atoms with Gasteiger partial charge in [0, 0.05) is 17.5 Å². The lowest BCUT2D eigenvalue weighted by molar-refractivity contribution is -0.154. The van der Waals surface area contributed by atoms with Gasteiger partial charge in [0.2, 0.25) is 0 Å². The minimum atomic E-state index is -0.980. The molecule has 2 N–H and O–H groups in total. The number of nitrogens with zero attached hydrogens (tertiary/aromatic N) is 1. The van der Waals surface area contributed by atoms with Crippen LogP contribution < -0.4 is 15.6 Å². The number of amides is 1. The summed E-state index contributed by atoms with van der Waals surface area (Å²) in [5.74, 6) is -0.383. The van der Waals surface area contributed by atoms with Crippen LogP contribution in [0.2, 0.25) is 0 Å². The van der Waals surface area contributed by atoms with Gasteiger partial charge in [-0.25, -0.2) is 5.10 Å². The van der Waals surface area contributed by atoms with Crippen LogP contribution in [0, 0.1) is 0 Å². The first kappa shape index (κ1) is 20.1. The summed E-state index contributed by atoms with van der Waals surface area (Å²) in [7, 11) is 1.56. The number of benzene rings is 2. The van der Waals surface area contributed by atoms with Gasteiger partial charge in [-0.15, -0.1) is 0 Å². The number of methoxy groups -OCH3 is 1. The second-order valence-electron chi connectivity index (χ2n) is 6.38. The molecule has 0 aliphatic heterocycles. The predicted molar refractivity (Wildman–Crippen MR) is 106 cm³/mol. The second kappa shape index (κ2) is 9.01. The molecule has 0 spiro atoms. The molecule has 1 atom stereocenters. The van der Waals surface area contributed by atoms with E-state index in [1.165, 1.54) is 6.92 Å². The topological polar surface area (TPSA) is 110 Å². The third kappa shape index (κ3) is 4.78. The molecule has 3 aromatic rings. The quantitative estimate of drug-likeness (QED) is 0.590. The number of rotatable bonds is 7. The molecule has 0 aliphatic carbocycles. The highest BCUT2D eigenvalue weighted by Gasteiger charge is 2.19. The van der Waals surface area contributed by atoms with E-state index in [9.17, 15) is 14.4 Å². The van der Waals surface area contributed by atoms with E-state index in [2.05, 4.69) is 15.5 Å². The van der Waals surface area contributed by atoms with Crippen LogP contribution in [0.5, 0.6) is 5.75 Å². The van der Waals surface area contributed by atoms with Crippen molar-refractivity contribution in [3.63, 3.8) is 0 Å². The SMILES string of the molecule is COc1ccccc1CNC(=O)[C@H](C)OC(=O)Cc1n[nH]c(=O)c2ccccc12. The number of aromatic amines is 1. The van der Waals surface area contributed by atoms with Gasteiger partial charge in [0.1, 0.15) is 5.75 Å². The molecular formula is C21H21N3O5. The second-order valence-corrected chi connectivity index (χ2v) is 6.38. The molecule has 0 unspecified atom stereocenters. The van der Waals surface area contributed by atoms with Crippen molar-refractivity contribution in [2.75, 3.05) is 7.11 Å². The van der Waals surface area contributed by atoms with Gasteiger partial charge in [0.05, 0.1) is 24.6 Å². The number of carbonyl (C=O) groups excluding carboxylic acids is 2. The number of aromatic nitrogens is 2. The summed E-state index contributed by atoms with van der Waals surface area (Å²) in [5.41, 5.74) is 0.861. The zero-order chi connectivity index (χ0) is 20.8. The summed E-state index contributed by atoms with van der Waals surface area (Å²) in [4.78, 5) is 36.4. The van der Waals surface area contributed by atoms with Crippen LogP contribution in [0.4, 0.5) is 0 Å². The first-order valence-corrected chi connectivity index (χ1v) is 9.05. The number of carbonyl (C=O) groups is 2. The van der Waals surface area contributed by atoms with E-state index in [1.807, 2.05) is 18.2 Å². The number of ether oxygens (including phenoxy) is 2. The summed E-state index contributed by atoms with van der Waals surface area (Å²) in [6.07, 6.45) is -1.15. The lowest BCUT2D eigenvalue weighted by Gasteiger charge is -2.14. The van der Waals surface area contributed by atoms with Crippen LogP contribution in [0.15, 0.2) is 53.3 Å². The van der Waals surface area contributed by atoms with Crippen molar-refractivity contribution in [1.29, 1.82) is 0 Å². The largest absolute Gasteiger partial charge is 0.496 e. The fourth-order valence-corrected chi connectivity index (χ4v) is 2.91. The highest BCUT2D eigenvalue weighted by Crippen LogP contribution is 2.17. The highest BCUT2D eigenvalue weighted by molar-refractivity contribution is 5.88. The molecule has 3 rings (SSSR count). The van der Waals surface area contributed by atoms with Gasteiger partial charge in [-0.3, -0.25) is 14.4 Å². The van der Waals surface area contributed by atoms with Crippen molar-refractivity contribution >= 4 is 22.6 Å². The Balaban J connectivity index is 1.60. The van der Waals surface area contributed by atoms with E-state index in [1.54, 1.807) is 37.4 Å². The summed E-state index contributed by atoms with van der Waals surface area (Å²) < 4.78 is 10.5. The number of fused-ring (bicyclic) bond motifs is 1. The Morgan fingerprint density at radius 2 is 1.79 bits per heavy atom. The Labute approximate surface area is 166 Å². The van der Waals surface area contributed by atoms with Crippen molar-refractivity contribution in [3.05, 3.63) is 70.1 Å². The van der Waals surface area contributed by atoms with E-state index in [-0.39, 0.29) is 18.5 Å². The van der Waals surface area contributed by atoms with Crippen LogP contribution >= 0.6 is 0 Å². The molecule has 1 aromatic heterocycles. The lowest BCUT2D eigenvalue weighted by Crippen LogP contribution is -2.36. The Morgan fingerprint density at radius 1 is 1.10 bits per heavy atom. The zero-order valence-electron chi connectivity index (χ0n) is 16.1. The fraction of sp³-hybridized carbons (Fsp3) is 0.238. The minimum absolute atomic E-state index is 0.165. The summed E-state index contributed by atoms with van der Waals surface area (Å²) in [5, 5.41) is 10.0. The van der Waals surface area contributed by atoms with Crippen LogP contribution in [0.3, 0.4) is 0 Å². The summed E-state index contributed by atoms with van der Waals surface area (Å²) in [6, 6.07) is 14.2. The molecule has 1 amide bonds. The molecule has 0 fully saturated rings. The van der Waals surface area contributed by atoms with Crippen LogP contribution in [0.1, 0.15) is 18.2 Å². The highest BCUT2D eigenvalue weighted by atomic mass is 16.5. The number of H-pyrrole nitrogens is 1. The standard InChI is InChI=1S/C21H21N3O5/c1-13(20(26)22-12-14-7-3-6-10-18(14)28-2)29-19(25)11-17-15-8-4-5-9-16(15)21(27)24-23-17/h3-10,13H,11-12H2,1-2H3,(H,22,26)(H,24,27)/t13-/m0/s1. The Kier molecular flexibility index (Phi) is 6.23. The molecule has 0 bridgehead atoms. The number of nitrogens with one attached hydrogen (secondary N) is 2. The molecule has 8 nitrogen and oxygen atoms in total. The van der Waals surface area contributed by atoms with Gasteiger partial charge in [-0.2, -0.15) is 5.10 Å². The van der Waals surface area contributed by atoms with Gasteiger partial charge < -0.3 is 14.8 Å². The predicted octanol–water partition coefficient (Wildman–Crippen LogP) is 1.72. The van der Waals surface area contributed by atoms with E-state index in [0.717, 1.165) is 5.56 Å². The van der Waals surface area contributed by atoms with E-state index >= 15 is 0 Å². The lowest BCUT2D eigenvalue weighted by atomic mass is 10.1. The molecule has 0 saturated heterocycles. The van der Waals surface area contributed by atoms with Crippen molar-refractivity contribution in [3.8, 4) is 5.75 Å². The number of hydrogen-bond donors (Lipinski definition) is 2. The van der Waals surface area contributed by atoms with Crippen LogP contribution in [-0.2, 0) is 27.3 Å². The smallest absolute Gasteiger partial charge is 0.312 e. The summed E-state index contributed by atoms with van der Waals surface area (Å²) >= 11 is 0. The monoisotopic (exact) mass is 395 g/mol. The van der Waals surface area contributed by atoms with Crippen molar-refractivity contribution in [1.82, 2.24) is 15.5 Å². The van der Waals surface area contributed by atoms with Gasteiger partial charge in [0.25, 0.3) is 11.5 Å². The maximum absolute atomic E-state index is 12.3. The third-order valence-electron chi connectivity index (χ3n) is 4.41. The van der Waals surface area contributed by atoms with Gasteiger partial charge in [-0.05, 0) is 19.1 Å². The van der Waals surface area contributed by atoms with Gasteiger partial charge in [0.15, 0.2) is 6.10 Å². The molecule has 0 saturated carbocycles. The molecule has 2 aromatic carbocycles. The number of hydrogen-bond acceptors (Lipinski definition) is 6. The van der Waals surface area contributed by atoms with E-state index in [4.69, 9.17) is 9.47 Å². The first-order valence-electron chi connectivity index (χ1n) is 9.05. The molecule has 1 heterocycles. The molecule has 150 valence electrons. The average molecular weight is 395 g/mol. The number of para-hydroxylation sites is 1. The van der Waals surface area contributed by atoms with Crippen molar-refractivity contribution < 1.29 is 19.1 Å². The van der Waals surface area contributed by atoms with Crippen molar-refractivity contribution in [2.24, 2.45) is 0 Å². The van der Waals surface area contributed by atoms with E-state index < -0.39 is 18.0 Å². The van der Waals surface area contributed by atoms with Crippen LogP contribution in [0.25, 0.3) is 10.8 Å². The zero-order valence-corrected chi connectivity index (χ0v) is 16.1. The molecule has 0 radical (unpaired) electrons. The third-order valence-corrected chi connectivity index (χ3v) is 4.41. The number of esters is 1. The Hall–Kier alpha value is -3.68. The Morgan fingerprint density at radius 3 is 2.55 bits per heavy atom. The molecule has 0 aliphatic rings. The van der Waals surface area contributed by atoms with E-state index in [0.29, 0.717) is 22.2 Å². The Bertz CT molecular complexity index is 1090. The normalized spacial score (nSPS) is 11.7. The molecule has 8 heteroatoms. The van der Waals surface area contributed by atoms with Gasteiger partial charge >= 0.3 is 5.97 Å². The van der Waals surface area contributed by atoms with Crippen LogP contribution in [-0.4, -0.2) is 35.3 Å². The average Bonchev–Trinajstić information content (AvgIpc) is 2.74. The molecule has 29 heavy (non-hydrogen) atoms. The fourth-order valence-electron chi connectivity index (χ4n) is 2.91. The maximum atomic E-state index is 12.3. The summed E-state index contributed by atoms with van der Waals surface area (Å²) in [6.45, 7) is 1.74. The molecular weight excluding hydrogens is 374 g/mol. The maximum Gasteiger partial charge on any atom is 0.312 e. The first-order chi connectivity index (χ1) is 14.0. The minimum Gasteiger partial charge on any atom is -0.496 e. The van der Waals surface area contributed by atoms with Gasteiger partial charge in [-0.1, -0.05) is 36.4 Å². The van der Waals surface area contributed by atoms with Crippen molar-refractivity contribution in [2.45, 2.75) is 26.0 Å².